The molecule has 3 rings (SSSR count). The number of amides is 2. The highest BCUT2D eigenvalue weighted by atomic mass is 32.2. The number of carbonyl (C=O) groups is 2. The van der Waals surface area contributed by atoms with E-state index in [0.29, 0.717) is 19.6 Å². The summed E-state index contributed by atoms with van der Waals surface area (Å²) in [6, 6.07) is 0. The van der Waals surface area contributed by atoms with E-state index in [9.17, 15) is 18.0 Å². The maximum Gasteiger partial charge on any atom is 0.254 e. The summed E-state index contributed by atoms with van der Waals surface area (Å²) in [6.45, 7) is 5.08. The van der Waals surface area contributed by atoms with Crippen LogP contribution in [-0.2, 0) is 24.3 Å². The van der Waals surface area contributed by atoms with Crippen molar-refractivity contribution >= 4 is 21.8 Å². The van der Waals surface area contributed by atoms with Gasteiger partial charge in [0.2, 0.25) is 15.9 Å². The van der Waals surface area contributed by atoms with E-state index in [2.05, 4.69) is 5.32 Å². The van der Waals surface area contributed by atoms with Crippen LogP contribution in [0.3, 0.4) is 0 Å². The zero-order chi connectivity index (χ0) is 17.5. The van der Waals surface area contributed by atoms with Gasteiger partial charge in [-0.1, -0.05) is 0 Å². The van der Waals surface area contributed by atoms with Crippen molar-refractivity contribution in [2.45, 2.75) is 37.5 Å². The molecule has 9 heteroatoms. The molecule has 3 aliphatic heterocycles. The molecule has 0 bridgehead atoms. The molecule has 136 valence electrons. The number of likely N-dealkylation sites (tertiary alicyclic amines) is 1. The fourth-order valence-corrected chi connectivity index (χ4v) is 5.03. The van der Waals surface area contributed by atoms with Crippen LogP contribution in [0, 0.1) is 5.92 Å². The number of hydrogen-bond donors (Lipinski definition) is 1. The van der Waals surface area contributed by atoms with Crippen molar-refractivity contribution in [2.24, 2.45) is 5.92 Å². The molecule has 1 N–H and O–H groups in total. The zero-order valence-electron chi connectivity index (χ0n) is 14.2. The average molecular weight is 359 g/mol. The molecule has 0 radical (unpaired) electrons. The molecule has 0 saturated carbocycles. The molecule has 3 fully saturated rings. The van der Waals surface area contributed by atoms with Gasteiger partial charge >= 0.3 is 0 Å². The summed E-state index contributed by atoms with van der Waals surface area (Å²) >= 11 is 0. The highest BCUT2D eigenvalue weighted by Crippen LogP contribution is 2.37. The summed E-state index contributed by atoms with van der Waals surface area (Å²) in [4.78, 5) is 27.2. The van der Waals surface area contributed by atoms with Crippen molar-refractivity contribution in [1.82, 2.24) is 14.5 Å². The lowest BCUT2D eigenvalue weighted by Gasteiger charge is -2.37. The number of hydrogen-bond acceptors (Lipinski definition) is 5. The highest BCUT2D eigenvalue weighted by molar-refractivity contribution is 7.89. The van der Waals surface area contributed by atoms with Crippen LogP contribution in [0.1, 0.15) is 26.7 Å². The van der Waals surface area contributed by atoms with Crippen molar-refractivity contribution in [3.05, 3.63) is 0 Å². The fraction of sp³-hybridized carbons (Fsp3) is 0.867. The summed E-state index contributed by atoms with van der Waals surface area (Å²) in [5.41, 5.74) is -1.40. The Labute approximate surface area is 142 Å². The molecule has 2 amide bonds. The summed E-state index contributed by atoms with van der Waals surface area (Å²) in [5.74, 6) is -1.34. The quantitative estimate of drug-likeness (QED) is 0.709. The number of sulfonamides is 1. The molecule has 0 unspecified atom stereocenters. The second-order valence-corrected chi connectivity index (χ2v) is 9.45. The van der Waals surface area contributed by atoms with Crippen molar-refractivity contribution < 1.29 is 22.7 Å². The number of morpholine rings is 1. The maximum atomic E-state index is 13.0. The van der Waals surface area contributed by atoms with Gasteiger partial charge in [0.1, 0.15) is 0 Å². The Morgan fingerprint density at radius 1 is 1.33 bits per heavy atom. The molecule has 3 saturated heterocycles. The second kappa shape index (κ2) is 6.27. The molecule has 0 aromatic heterocycles. The lowest BCUT2D eigenvalue weighted by Crippen LogP contribution is -2.62. The van der Waals surface area contributed by atoms with E-state index in [4.69, 9.17) is 4.74 Å². The van der Waals surface area contributed by atoms with Crippen LogP contribution in [0.4, 0.5) is 0 Å². The summed E-state index contributed by atoms with van der Waals surface area (Å²) in [7, 11) is -3.56. The molecule has 2 atom stereocenters. The summed E-state index contributed by atoms with van der Waals surface area (Å²) < 4.78 is 32.2. The first-order valence-corrected chi connectivity index (χ1v) is 9.99. The first-order valence-electron chi connectivity index (χ1n) is 8.49. The first kappa shape index (κ1) is 17.6. The molecule has 0 aromatic carbocycles. The van der Waals surface area contributed by atoms with Gasteiger partial charge in [0.15, 0.2) is 5.60 Å². The highest BCUT2D eigenvalue weighted by Gasteiger charge is 2.60. The number of nitrogens with one attached hydrogen (secondary N) is 1. The third-order valence-corrected chi connectivity index (χ3v) is 7.35. The van der Waals surface area contributed by atoms with E-state index in [1.165, 1.54) is 4.31 Å². The Kier molecular flexibility index (Phi) is 4.61. The average Bonchev–Trinajstić information content (AvgIpc) is 3.18. The molecular weight excluding hydrogens is 334 g/mol. The monoisotopic (exact) mass is 359 g/mol. The van der Waals surface area contributed by atoms with Gasteiger partial charge < -0.3 is 15.0 Å². The van der Waals surface area contributed by atoms with E-state index >= 15 is 0 Å². The van der Waals surface area contributed by atoms with Crippen LogP contribution < -0.4 is 5.32 Å². The van der Waals surface area contributed by atoms with E-state index in [1.54, 1.807) is 18.7 Å². The van der Waals surface area contributed by atoms with Crippen molar-refractivity contribution in [3.63, 3.8) is 0 Å². The van der Waals surface area contributed by atoms with Gasteiger partial charge in [-0.05, 0) is 26.7 Å². The molecular formula is C15H25N3O5S. The van der Waals surface area contributed by atoms with Crippen molar-refractivity contribution in [3.8, 4) is 0 Å². The maximum absolute atomic E-state index is 13.0. The van der Waals surface area contributed by atoms with Crippen molar-refractivity contribution in [1.29, 1.82) is 0 Å². The molecule has 8 nitrogen and oxygen atoms in total. The SMILES string of the molecule is CC(C)S(=O)(=O)N1C[C@H](C(=O)N2CCCC2)[C@@]2(C1)OCCNC2=O. The van der Waals surface area contributed by atoms with E-state index in [-0.39, 0.29) is 31.5 Å². The first-order chi connectivity index (χ1) is 11.3. The van der Waals surface area contributed by atoms with E-state index in [1.807, 2.05) is 0 Å². The van der Waals surface area contributed by atoms with E-state index in [0.717, 1.165) is 12.8 Å². The van der Waals surface area contributed by atoms with Gasteiger partial charge in [-0.25, -0.2) is 8.42 Å². The molecule has 0 aromatic rings. The van der Waals surface area contributed by atoms with Gasteiger partial charge in [-0.2, -0.15) is 4.31 Å². The number of ether oxygens (including phenoxy) is 1. The number of nitrogens with zero attached hydrogens (tertiary/aromatic N) is 2. The Bertz CT molecular complexity index is 629. The Morgan fingerprint density at radius 2 is 2.00 bits per heavy atom. The summed E-state index contributed by atoms with van der Waals surface area (Å²) in [5, 5.41) is 2.13. The standard InChI is InChI=1S/C15H25N3O5S/c1-11(2)24(21,22)18-9-12(13(19)17-6-3-4-7-17)15(10-18)14(20)16-5-8-23-15/h11-12H,3-10H2,1-2H3,(H,16,20)/t12-,15-/m1/s1. The van der Waals surface area contributed by atoms with Gasteiger partial charge in [-0.15, -0.1) is 0 Å². The molecule has 1 spiro atoms. The zero-order valence-corrected chi connectivity index (χ0v) is 15.0. The molecule has 0 aliphatic carbocycles. The lowest BCUT2D eigenvalue weighted by atomic mass is 9.87. The Hall–Kier alpha value is -1.19. The largest absolute Gasteiger partial charge is 0.361 e. The number of rotatable bonds is 3. The fourth-order valence-electron chi connectivity index (χ4n) is 3.70. The third kappa shape index (κ3) is 2.72. The minimum absolute atomic E-state index is 0.00324. The predicted molar refractivity (Wildman–Crippen MR) is 86.6 cm³/mol. The predicted octanol–water partition coefficient (Wildman–Crippen LogP) is -0.836. The second-order valence-electron chi connectivity index (χ2n) is 6.97. The van der Waals surface area contributed by atoms with Gasteiger partial charge in [-0.3, -0.25) is 9.59 Å². The van der Waals surface area contributed by atoms with Crippen LogP contribution in [0.15, 0.2) is 0 Å². The summed E-state index contributed by atoms with van der Waals surface area (Å²) in [6.07, 6.45) is 1.87. The molecule has 24 heavy (non-hydrogen) atoms. The topological polar surface area (TPSA) is 96.0 Å². The van der Waals surface area contributed by atoms with Gasteiger partial charge in [0.25, 0.3) is 5.91 Å². The smallest absolute Gasteiger partial charge is 0.254 e. The van der Waals surface area contributed by atoms with Gasteiger partial charge in [0, 0.05) is 26.2 Å². The van der Waals surface area contributed by atoms with Crippen molar-refractivity contribution in [2.75, 3.05) is 39.3 Å². The third-order valence-electron chi connectivity index (χ3n) is 5.16. The Balaban J connectivity index is 1.94. The Morgan fingerprint density at radius 3 is 2.58 bits per heavy atom. The number of carbonyl (C=O) groups excluding carboxylic acids is 2. The van der Waals surface area contributed by atoms with E-state index < -0.39 is 26.8 Å². The van der Waals surface area contributed by atoms with Crippen LogP contribution in [0.2, 0.25) is 0 Å². The lowest BCUT2D eigenvalue weighted by molar-refractivity contribution is -0.166. The van der Waals surface area contributed by atoms with Crippen LogP contribution in [0.25, 0.3) is 0 Å². The van der Waals surface area contributed by atoms with Crippen LogP contribution >= 0.6 is 0 Å². The van der Waals surface area contributed by atoms with Crippen LogP contribution in [0.5, 0.6) is 0 Å². The minimum Gasteiger partial charge on any atom is -0.361 e. The molecule has 3 heterocycles. The minimum atomic E-state index is -3.56. The normalized spacial score (nSPS) is 31.9. The molecule has 3 aliphatic rings. The van der Waals surface area contributed by atoms with Gasteiger partial charge in [0.05, 0.1) is 24.3 Å². The van der Waals surface area contributed by atoms with Crippen LogP contribution in [-0.4, -0.2) is 79.6 Å².